The molecule has 3 N–H and O–H groups in total. The highest BCUT2D eigenvalue weighted by atomic mass is 16.5. The van der Waals surface area contributed by atoms with Gasteiger partial charge in [0.2, 0.25) is 5.91 Å². The summed E-state index contributed by atoms with van der Waals surface area (Å²) in [6.45, 7) is 6.87. The van der Waals surface area contributed by atoms with Crippen molar-refractivity contribution < 1.29 is 24.2 Å². The summed E-state index contributed by atoms with van der Waals surface area (Å²) >= 11 is 0. The van der Waals surface area contributed by atoms with E-state index in [0.717, 1.165) is 18.4 Å². The zero-order chi connectivity index (χ0) is 21.6. The molecule has 2 rings (SSSR count). The molecule has 0 aliphatic heterocycles. The van der Waals surface area contributed by atoms with Gasteiger partial charge in [0, 0.05) is 30.3 Å². The van der Waals surface area contributed by atoms with Crippen molar-refractivity contribution in [3.8, 4) is 0 Å². The van der Waals surface area contributed by atoms with Crippen LogP contribution in [0.1, 0.15) is 69.6 Å². The van der Waals surface area contributed by atoms with Gasteiger partial charge in [0.1, 0.15) is 5.69 Å². The maximum absolute atomic E-state index is 12.3. The Morgan fingerprint density at radius 1 is 1.17 bits per heavy atom. The van der Waals surface area contributed by atoms with Gasteiger partial charge in [-0.1, -0.05) is 24.3 Å². The predicted octanol–water partition coefficient (Wildman–Crippen LogP) is 2.79. The fraction of sp³-hybridized carbons (Fsp3) is 0.409. The second-order valence-corrected chi connectivity index (χ2v) is 7.12. The molecule has 0 spiro atoms. The summed E-state index contributed by atoms with van der Waals surface area (Å²) in [6.07, 6.45) is 0.903. The van der Waals surface area contributed by atoms with Gasteiger partial charge in [-0.2, -0.15) is 0 Å². The number of Topliss-reactive ketones (excluding diaryl/α,β-unsaturated/α-hetero) is 1. The van der Waals surface area contributed by atoms with Gasteiger partial charge in [-0.3, -0.25) is 9.59 Å². The highest BCUT2D eigenvalue weighted by Gasteiger charge is 2.21. The van der Waals surface area contributed by atoms with Crippen molar-refractivity contribution in [1.82, 2.24) is 10.3 Å². The number of aryl methyl sites for hydroxylation is 2. The molecule has 1 aromatic carbocycles. The Balaban J connectivity index is 1.90. The maximum Gasteiger partial charge on any atom is 0.355 e. The number of aromatic amines is 1. The molecule has 0 saturated heterocycles. The number of benzene rings is 1. The second kappa shape index (κ2) is 10.0. The summed E-state index contributed by atoms with van der Waals surface area (Å²) < 4.78 is 5.16. The average Bonchev–Trinajstić information content (AvgIpc) is 2.97. The fourth-order valence-corrected chi connectivity index (χ4v) is 3.30. The number of aliphatic hydroxyl groups excluding tert-OH is 1. The molecule has 0 bridgehead atoms. The third-order valence-electron chi connectivity index (χ3n) is 4.74. The number of hydrogen-bond donors (Lipinski definition) is 3. The molecule has 0 fully saturated rings. The largest absolute Gasteiger partial charge is 0.453 e. The van der Waals surface area contributed by atoms with E-state index in [9.17, 15) is 19.5 Å². The van der Waals surface area contributed by atoms with Crippen LogP contribution in [0.4, 0.5) is 0 Å². The summed E-state index contributed by atoms with van der Waals surface area (Å²) in [6, 6.07) is 7.13. The van der Waals surface area contributed by atoms with E-state index in [1.165, 1.54) is 6.92 Å². The third-order valence-corrected chi connectivity index (χ3v) is 4.74. The molecule has 1 aromatic heterocycles. The Morgan fingerprint density at radius 2 is 1.83 bits per heavy atom. The molecule has 0 aliphatic carbocycles. The molecule has 29 heavy (non-hydrogen) atoms. The van der Waals surface area contributed by atoms with Gasteiger partial charge in [-0.05, 0) is 44.7 Å². The van der Waals surface area contributed by atoms with E-state index in [4.69, 9.17) is 4.74 Å². The Kier molecular flexibility index (Phi) is 7.73. The van der Waals surface area contributed by atoms with Crippen LogP contribution in [0.25, 0.3) is 0 Å². The van der Waals surface area contributed by atoms with Crippen LogP contribution in [-0.2, 0) is 16.0 Å². The molecule has 7 nitrogen and oxygen atoms in total. The van der Waals surface area contributed by atoms with Gasteiger partial charge < -0.3 is 20.1 Å². The Labute approximate surface area is 170 Å². The Morgan fingerprint density at radius 3 is 2.38 bits per heavy atom. The lowest BCUT2D eigenvalue weighted by Gasteiger charge is -2.07. The summed E-state index contributed by atoms with van der Waals surface area (Å²) in [7, 11) is 0. The van der Waals surface area contributed by atoms with Crippen LogP contribution in [0.15, 0.2) is 24.3 Å². The molecular weight excluding hydrogens is 372 g/mol. The number of aliphatic hydroxyl groups is 1. The highest BCUT2D eigenvalue weighted by molar-refractivity contribution is 5.99. The number of carbonyl (C=O) groups excluding carboxylic acids is 3. The van der Waals surface area contributed by atoms with Gasteiger partial charge in [0.25, 0.3) is 0 Å². The number of hydrogen-bond acceptors (Lipinski definition) is 5. The number of esters is 1. The Bertz CT molecular complexity index is 881. The molecule has 0 unspecified atom stereocenters. The van der Waals surface area contributed by atoms with Crippen molar-refractivity contribution in [2.75, 3.05) is 13.2 Å². The van der Waals surface area contributed by atoms with Crippen molar-refractivity contribution in [3.63, 3.8) is 0 Å². The number of aromatic nitrogens is 1. The number of H-pyrrole nitrogens is 1. The van der Waals surface area contributed by atoms with Crippen LogP contribution in [0, 0.1) is 13.8 Å². The maximum atomic E-state index is 12.3. The van der Waals surface area contributed by atoms with E-state index < -0.39 is 12.1 Å². The van der Waals surface area contributed by atoms with Crippen LogP contribution < -0.4 is 5.32 Å². The molecule has 1 atom stereocenters. The third kappa shape index (κ3) is 6.02. The summed E-state index contributed by atoms with van der Waals surface area (Å²) in [4.78, 5) is 38.4. The molecule has 0 radical (unpaired) electrons. The smallest absolute Gasteiger partial charge is 0.355 e. The topological polar surface area (TPSA) is 108 Å². The minimum Gasteiger partial charge on any atom is -0.453 e. The van der Waals surface area contributed by atoms with Crippen LogP contribution in [0.3, 0.4) is 0 Å². The zero-order valence-electron chi connectivity index (χ0n) is 17.3. The quantitative estimate of drug-likeness (QED) is 0.341. The Hall–Kier alpha value is -2.93. The number of ether oxygens (including phenoxy) is 1. The first-order valence-corrected chi connectivity index (χ1v) is 9.61. The minimum absolute atomic E-state index is 0.0488. The lowest BCUT2D eigenvalue weighted by atomic mass is 10.1. The average molecular weight is 400 g/mol. The van der Waals surface area contributed by atoms with Gasteiger partial charge in [0.05, 0.1) is 6.10 Å². The van der Waals surface area contributed by atoms with E-state index >= 15 is 0 Å². The number of ketones is 1. The molecule has 7 heteroatoms. The molecule has 2 aromatic rings. The van der Waals surface area contributed by atoms with E-state index in [-0.39, 0.29) is 24.0 Å². The summed E-state index contributed by atoms with van der Waals surface area (Å²) in [5.74, 6) is -0.965. The van der Waals surface area contributed by atoms with Crippen LogP contribution in [0.5, 0.6) is 0 Å². The second-order valence-electron chi connectivity index (χ2n) is 7.12. The molecule has 1 heterocycles. The normalized spacial score (nSPS) is 11.8. The molecule has 0 saturated carbocycles. The van der Waals surface area contributed by atoms with Gasteiger partial charge in [-0.15, -0.1) is 0 Å². The number of rotatable bonds is 9. The van der Waals surface area contributed by atoms with E-state index in [1.54, 1.807) is 32.9 Å². The highest BCUT2D eigenvalue weighted by Crippen LogP contribution is 2.24. The van der Waals surface area contributed by atoms with Crippen molar-refractivity contribution in [2.24, 2.45) is 0 Å². The van der Waals surface area contributed by atoms with Crippen LogP contribution >= 0.6 is 0 Å². The van der Waals surface area contributed by atoms with Gasteiger partial charge in [-0.25, -0.2) is 4.79 Å². The lowest BCUT2D eigenvalue weighted by molar-refractivity contribution is -0.118. The van der Waals surface area contributed by atoms with Crippen molar-refractivity contribution in [1.29, 1.82) is 0 Å². The van der Waals surface area contributed by atoms with E-state index in [2.05, 4.69) is 10.3 Å². The predicted molar refractivity (Wildman–Crippen MR) is 109 cm³/mol. The standard InChI is InChI=1S/C22H28N2O5/c1-13-20(15(3)25)14(2)24-21(13)22(28)29-12-19(27)18-9-7-17(8-10-18)6-5-11-23-16(4)26/h7-10,15,24-25H,5-6,11-12H2,1-4H3,(H,23,26)/t15-/m1/s1. The first kappa shape index (κ1) is 22.4. The number of nitrogens with one attached hydrogen (secondary N) is 2. The van der Waals surface area contributed by atoms with E-state index in [1.807, 2.05) is 12.1 Å². The van der Waals surface area contributed by atoms with Crippen LogP contribution in [0.2, 0.25) is 0 Å². The van der Waals surface area contributed by atoms with Crippen molar-refractivity contribution in [2.45, 2.75) is 46.6 Å². The molecule has 1 amide bonds. The lowest BCUT2D eigenvalue weighted by Crippen LogP contribution is -2.21. The van der Waals surface area contributed by atoms with Crippen LogP contribution in [-0.4, -0.2) is 40.9 Å². The summed E-state index contributed by atoms with van der Waals surface area (Å²) in [5.41, 5.74) is 3.76. The minimum atomic E-state index is -0.703. The first-order chi connectivity index (χ1) is 13.7. The molecular formula is C22H28N2O5. The van der Waals surface area contributed by atoms with Crippen molar-refractivity contribution in [3.05, 3.63) is 57.9 Å². The van der Waals surface area contributed by atoms with E-state index in [0.29, 0.717) is 28.9 Å². The number of carbonyl (C=O) groups is 3. The zero-order valence-corrected chi connectivity index (χ0v) is 17.3. The SMILES string of the molecule is CC(=O)NCCCc1ccc(C(=O)COC(=O)c2[nH]c(C)c([C@@H](C)O)c2C)cc1. The number of amides is 1. The van der Waals surface area contributed by atoms with Gasteiger partial charge >= 0.3 is 5.97 Å². The first-order valence-electron chi connectivity index (χ1n) is 9.61. The molecule has 0 aliphatic rings. The van der Waals surface area contributed by atoms with Crippen molar-refractivity contribution >= 4 is 17.7 Å². The van der Waals surface area contributed by atoms with Gasteiger partial charge in [0.15, 0.2) is 12.4 Å². The molecule has 156 valence electrons. The monoisotopic (exact) mass is 400 g/mol. The summed E-state index contributed by atoms with van der Waals surface area (Å²) in [5, 5.41) is 12.6. The fourth-order valence-electron chi connectivity index (χ4n) is 3.30.